The van der Waals surface area contributed by atoms with Gasteiger partial charge < -0.3 is 0 Å². The van der Waals surface area contributed by atoms with Gasteiger partial charge in [-0.2, -0.15) is 0 Å². The molecule has 0 N–H and O–H groups in total. The third-order valence-corrected chi connectivity index (χ3v) is 3.64. The van der Waals surface area contributed by atoms with E-state index in [1.165, 1.54) is 0 Å². The Kier molecular flexibility index (Phi) is 4.44. The molecule has 0 radical (unpaired) electrons. The van der Waals surface area contributed by atoms with Crippen molar-refractivity contribution in [1.29, 1.82) is 0 Å². The molecular formula is C5H11O4PSSi. The van der Waals surface area contributed by atoms with E-state index in [2.05, 4.69) is 4.18 Å². The van der Waals surface area contributed by atoms with Gasteiger partial charge in [-0.05, 0) is 0 Å². The molecule has 0 aliphatic heterocycles. The van der Waals surface area contributed by atoms with Gasteiger partial charge in [0, 0.05) is 0 Å². The van der Waals surface area contributed by atoms with Gasteiger partial charge in [0.05, 0.1) is 0 Å². The van der Waals surface area contributed by atoms with Gasteiger partial charge in [-0.3, -0.25) is 0 Å². The summed E-state index contributed by atoms with van der Waals surface area (Å²) in [7, 11) is -6.01. The summed E-state index contributed by atoms with van der Waals surface area (Å²) in [5.74, 6) is 0. The van der Waals surface area contributed by atoms with E-state index in [0.29, 0.717) is 0 Å². The van der Waals surface area contributed by atoms with Crippen molar-refractivity contribution in [3.63, 3.8) is 0 Å². The fourth-order valence-corrected chi connectivity index (χ4v) is 2.94. The quantitative estimate of drug-likeness (QED) is 0.415. The summed E-state index contributed by atoms with van der Waals surface area (Å²) >= 11 is 0. The van der Waals surface area contributed by atoms with E-state index in [1.807, 2.05) is 19.6 Å². The van der Waals surface area contributed by atoms with Crippen LogP contribution in [0.1, 0.15) is 0 Å². The van der Waals surface area contributed by atoms with Gasteiger partial charge in [-0.15, -0.1) is 0 Å². The summed E-state index contributed by atoms with van der Waals surface area (Å²) in [5, 5.41) is 0. The van der Waals surface area contributed by atoms with Crippen molar-refractivity contribution in [2.24, 2.45) is 0 Å². The van der Waals surface area contributed by atoms with E-state index in [0.717, 1.165) is 0 Å². The van der Waals surface area contributed by atoms with Crippen molar-refractivity contribution in [2.45, 2.75) is 19.6 Å². The van der Waals surface area contributed by atoms with Crippen LogP contribution in [0.4, 0.5) is 0 Å². The van der Waals surface area contributed by atoms with Gasteiger partial charge in [-0.25, -0.2) is 0 Å². The Morgan fingerprint density at radius 1 is 1.42 bits per heavy atom. The Morgan fingerprint density at radius 3 is 2.25 bits per heavy atom. The molecule has 0 aromatic rings. The molecule has 0 unspecified atom stereocenters. The molecule has 0 amide bonds. The summed E-state index contributed by atoms with van der Waals surface area (Å²) in [6, 6.07) is 0. The zero-order valence-corrected chi connectivity index (χ0v) is 9.91. The fourth-order valence-electron chi connectivity index (χ4n) is 0.326. The predicted molar refractivity (Wildman–Crippen MR) is 49.7 cm³/mol. The molecule has 0 heterocycles. The van der Waals surface area contributed by atoms with Gasteiger partial charge in [0.1, 0.15) is 0 Å². The van der Waals surface area contributed by atoms with E-state index in [9.17, 15) is 13.0 Å². The third-order valence-electron chi connectivity index (χ3n) is 0.796. The van der Waals surface area contributed by atoms with Crippen LogP contribution in [0, 0.1) is 4.96 Å². The molecule has 0 saturated heterocycles. The monoisotopic (exact) mass is 226 g/mol. The molecule has 0 rings (SSSR count). The first kappa shape index (κ1) is 12.1. The van der Waals surface area contributed by atoms with E-state index >= 15 is 0 Å². The second-order valence-corrected chi connectivity index (χ2v) is 10.9. The average molecular weight is 226 g/mol. The summed E-state index contributed by atoms with van der Waals surface area (Å²) in [6.07, 6.45) is 0.192. The van der Waals surface area contributed by atoms with E-state index < -0.39 is 26.1 Å². The fraction of sp³-hybridized carbons (Fsp3) is 0.800. The van der Waals surface area contributed by atoms with Gasteiger partial charge in [0.15, 0.2) is 0 Å². The zero-order chi connectivity index (χ0) is 9.83. The zero-order valence-electron chi connectivity index (χ0n) is 7.20. The Morgan fingerprint density at radius 2 is 1.92 bits per heavy atom. The first-order valence-corrected chi connectivity index (χ1v) is 9.18. The van der Waals surface area contributed by atoms with Crippen molar-refractivity contribution in [3.8, 4) is 4.96 Å². The van der Waals surface area contributed by atoms with E-state index in [-0.39, 0.29) is 6.23 Å². The van der Waals surface area contributed by atoms with Crippen LogP contribution in [-0.2, 0) is 18.9 Å². The maximum atomic E-state index is 10.8. The Balaban J connectivity index is 4.28. The van der Waals surface area contributed by atoms with Gasteiger partial charge >= 0.3 is 74.1 Å². The minimum atomic E-state index is -3.80. The molecule has 0 saturated carbocycles. The van der Waals surface area contributed by atoms with E-state index in [1.54, 1.807) is 4.96 Å². The predicted octanol–water partition coefficient (Wildman–Crippen LogP) is 1.42. The molecule has 7 heteroatoms. The molecule has 0 aliphatic rings. The summed E-state index contributed by atoms with van der Waals surface area (Å²) in [5.41, 5.74) is 0. The Bertz CT molecular complexity index is 335. The normalized spacial score (nSPS) is 12.2. The maximum absolute atomic E-state index is 10.8. The topological polar surface area (TPSA) is 60.4 Å². The SMILES string of the molecule is C[Si](C)(C)COS(=O)(=O)C#P=O. The number of rotatable bonds is 3. The van der Waals surface area contributed by atoms with Crippen molar-refractivity contribution in [1.82, 2.24) is 0 Å². The molecule has 0 spiro atoms. The van der Waals surface area contributed by atoms with Crippen LogP contribution in [0.2, 0.25) is 19.6 Å². The molecule has 12 heavy (non-hydrogen) atoms. The van der Waals surface area contributed by atoms with E-state index in [4.69, 9.17) is 0 Å². The second kappa shape index (κ2) is 4.39. The van der Waals surface area contributed by atoms with Crippen LogP contribution in [-0.4, -0.2) is 22.7 Å². The molecule has 70 valence electrons. The molecule has 0 bridgehead atoms. The van der Waals surface area contributed by atoms with Crippen molar-refractivity contribution >= 4 is 26.1 Å². The van der Waals surface area contributed by atoms with Gasteiger partial charge in [-0.1, -0.05) is 0 Å². The van der Waals surface area contributed by atoms with Gasteiger partial charge in [0.25, 0.3) is 0 Å². The van der Waals surface area contributed by atoms with Gasteiger partial charge in [0.2, 0.25) is 0 Å². The summed E-state index contributed by atoms with van der Waals surface area (Å²) < 4.78 is 36.0. The minimum absolute atomic E-state index is 0.192. The van der Waals surface area contributed by atoms with Crippen LogP contribution in [0.5, 0.6) is 0 Å². The molecular weight excluding hydrogens is 215 g/mol. The van der Waals surface area contributed by atoms with Crippen molar-refractivity contribution < 1.29 is 17.2 Å². The molecule has 0 fully saturated rings. The first-order valence-electron chi connectivity index (χ1n) is 3.25. The van der Waals surface area contributed by atoms with Crippen molar-refractivity contribution in [3.05, 3.63) is 0 Å². The van der Waals surface area contributed by atoms with Crippen LogP contribution in [0.15, 0.2) is 0 Å². The molecule has 4 nitrogen and oxygen atoms in total. The Labute approximate surface area is 74.6 Å². The van der Waals surface area contributed by atoms with Crippen LogP contribution >= 0.6 is 7.92 Å². The second-order valence-electron chi connectivity index (χ2n) is 3.46. The van der Waals surface area contributed by atoms with Crippen LogP contribution in [0.3, 0.4) is 0 Å². The standard InChI is InChI=1S/C5H11O4PSSi/c1-12(2,3)4-9-11(7,8)5-10-6/h4H2,1-3H3. The molecule has 0 aromatic carbocycles. The Hall–Kier alpha value is 0.137. The number of hydrogen-bond donors (Lipinski definition) is 0. The average Bonchev–Trinajstić information content (AvgIpc) is 1.83. The van der Waals surface area contributed by atoms with Crippen molar-refractivity contribution in [2.75, 3.05) is 6.23 Å². The molecule has 0 atom stereocenters. The summed E-state index contributed by atoms with van der Waals surface area (Å²) in [4.78, 5) is 1.68. The molecule has 0 aliphatic carbocycles. The number of hydrogen-bond acceptors (Lipinski definition) is 4. The third kappa shape index (κ3) is 6.82. The first-order chi connectivity index (χ1) is 5.27. The van der Waals surface area contributed by atoms with Crippen LogP contribution in [0.25, 0.3) is 0 Å². The van der Waals surface area contributed by atoms with Crippen LogP contribution < -0.4 is 0 Å². The molecule has 0 aromatic heterocycles. The summed E-state index contributed by atoms with van der Waals surface area (Å²) in [6.45, 7) is 5.91.